The van der Waals surface area contributed by atoms with Gasteiger partial charge in [0.15, 0.2) is 0 Å². The zero-order valence-corrected chi connectivity index (χ0v) is 10.4. The fourth-order valence-electron chi connectivity index (χ4n) is 1.76. The number of hydrogen-bond donors (Lipinski definition) is 2. The van der Waals surface area contributed by atoms with E-state index in [1.165, 1.54) is 0 Å². The first kappa shape index (κ1) is 11.2. The maximum atomic E-state index is 10.6. The molecule has 0 aliphatic heterocycles. The van der Waals surface area contributed by atoms with Gasteiger partial charge in [0.25, 0.3) is 0 Å². The summed E-state index contributed by atoms with van der Waals surface area (Å²) in [6.07, 6.45) is 0.147. The molecule has 2 aromatic rings. The van der Waals surface area contributed by atoms with Crippen LogP contribution >= 0.6 is 15.9 Å². The topological polar surface area (TPSA) is 53.1 Å². The molecule has 2 rings (SSSR count). The molecule has 0 fully saturated rings. The summed E-state index contributed by atoms with van der Waals surface area (Å²) in [5.74, 6) is -0.768. The van der Waals surface area contributed by atoms with Crippen LogP contribution in [0.25, 0.3) is 10.9 Å². The molecule has 0 spiro atoms. The van der Waals surface area contributed by atoms with Crippen molar-refractivity contribution >= 4 is 32.8 Å². The number of H-pyrrole nitrogens is 1. The van der Waals surface area contributed by atoms with Crippen molar-refractivity contribution in [3.63, 3.8) is 0 Å². The smallest absolute Gasteiger partial charge is 0.304 e. The molecule has 84 valence electrons. The highest BCUT2D eigenvalue weighted by Crippen LogP contribution is 2.25. The molecule has 1 aromatic heterocycles. The third-order valence-electron chi connectivity index (χ3n) is 2.62. The molecule has 0 aliphatic carbocycles. The molecule has 3 nitrogen and oxygen atoms in total. The second-order valence-corrected chi connectivity index (χ2v) is 4.87. The molecular formula is C12H12BrNO2. The zero-order chi connectivity index (χ0) is 11.7. The van der Waals surface area contributed by atoms with E-state index < -0.39 is 5.97 Å². The summed E-state index contributed by atoms with van der Waals surface area (Å²) in [6, 6.07) is 7.97. The number of fused-ring (bicyclic) bond motifs is 1. The van der Waals surface area contributed by atoms with Gasteiger partial charge in [-0.15, -0.1) is 0 Å². The molecule has 0 saturated carbocycles. The number of hydrogen-bond acceptors (Lipinski definition) is 1. The number of benzene rings is 1. The molecule has 0 bridgehead atoms. The van der Waals surface area contributed by atoms with Crippen LogP contribution < -0.4 is 0 Å². The van der Waals surface area contributed by atoms with Crippen molar-refractivity contribution in [3.8, 4) is 0 Å². The number of carboxylic acid groups (broad SMARTS) is 1. The summed E-state index contributed by atoms with van der Waals surface area (Å²) in [5, 5.41) is 9.84. The Morgan fingerprint density at radius 2 is 2.25 bits per heavy atom. The molecule has 2 N–H and O–H groups in total. The average molecular weight is 282 g/mol. The molecule has 1 aromatic carbocycles. The largest absolute Gasteiger partial charge is 0.481 e. The number of aromatic amines is 1. The van der Waals surface area contributed by atoms with Crippen LogP contribution in [-0.2, 0) is 4.79 Å². The summed E-state index contributed by atoms with van der Waals surface area (Å²) in [5.41, 5.74) is 2.01. The Balaban J connectivity index is 2.35. The Kier molecular flexibility index (Phi) is 3.01. The van der Waals surface area contributed by atoms with Crippen molar-refractivity contribution < 1.29 is 9.90 Å². The summed E-state index contributed by atoms with van der Waals surface area (Å²) < 4.78 is 1.02. The SMILES string of the molecule is CC(CC(=O)O)c1cc2cc(Br)ccc2[nH]1. The minimum atomic E-state index is -0.771. The van der Waals surface area contributed by atoms with Crippen LogP contribution in [0.5, 0.6) is 0 Å². The molecule has 0 saturated heterocycles. The Bertz CT molecular complexity index is 533. The van der Waals surface area contributed by atoms with E-state index in [1.54, 1.807) is 0 Å². The van der Waals surface area contributed by atoms with Gasteiger partial charge in [-0.1, -0.05) is 22.9 Å². The number of rotatable bonds is 3. The van der Waals surface area contributed by atoms with Crippen molar-refractivity contribution in [2.45, 2.75) is 19.3 Å². The molecule has 4 heteroatoms. The summed E-state index contributed by atoms with van der Waals surface area (Å²) >= 11 is 3.41. The summed E-state index contributed by atoms with van der Waals surface area (Å²) in [7, 11) is 0. The van der Waals surface area contributed by atoms with Gasteiger partial charge in [-0.3, -0.25) is 4.79 Å². The van der Waals surface area contributed by atoms with Gasteiger partial charge in [-0.05, 0) is 24.3 Å². The lowest BCUT2D eigenvalue weighted by atomic mass is 10.0. The Labute approximate surface area is 102 Å². The number of aromatic nitrogens is 1. The highest BCUT2D eigenvalue weighted by molar-refractivity contribution is 9.10. The normalized spacial score (nSPS) is 12.9. The highest BCUT2D eigenvalue weighted by Gasteiger charge is 2.12. The van der Waals surface area contributed by atoms with E-state index in [2.05, 4.69) is 20.9 Å². The van der Waals surface area contributed by atoms with Gasteiger partial charge in [0.1, 0.15) is 0 Å². The Morgan fingerprint density at radius 1 is 1.50 bits per heavy atom. The summed E-state index contributed by atoms with van der Waals surface area (Å²) in [4.78, 5) is 13.9. The van der Waals surface area contributed by atoms with E-state index in [9.17, 15) is 4.79 Å². The minimum absolute atomic E-state index is 0.00340. The van der Waals surface area contributed by atoms with E-state index in [0.717, 1.165) is 21.1 Å². The molecule has 0 amide bonds. The fourth-order valence-corrected chi connectivity index (χ4v) is 2.14. The van der Waals surface area contributed by atoms with Crippen LogP contribution in [0.1, 0.15) is 25.0 Å². The number of nitrogens with one attached hydrogen (secondary N) is 1. The van der Waals surface area contributed by atoms with Crippen LogP contribution in [0.4, 0.5) is 0 Å². The van der Waals surface area contributed by atoms with Gasteiger partial charge >= 0.3 is 5.97 Å². The van der Waals surface area contributed by atoms with E-state index in [0.29, 0.717) is 0 Å². The fraction of sp³-hybridized carbons (Fsp3) is 0.250. The molecule has 1 unspecified atom stereocenters. The number of halogens is 1. The van der Waals surface area contributed by atoms with Crippen LogP contribution in [-0.4, -0.2) is 16.1 Å². The second-order valence-electron chi connectivity index (χ2n) is 3.96. The third-order valence-corrected chi connectivity index (χ3v) is 3.11. The number of aliphatic carboxylic acids is 1. The zero-order valence-electron chi connectivity index (χ0n) is 8.83. The van der Waals surface area contributed by atoms with Crippen molar-refractivity contribution in [1.29, 1.82) is 0 Å². The number of carboxylic acids is 1. The van der Waals surface area contributed by atoms with Crippen LogP contribution in [0.3, 0.4) is 0 Å². The first-order chi connectivity index (χ1) is 7.56. The monoisotopic (exact) mass is 281 g/mol. The molecule has 1 heterocycles. The van der Waals surface area contributed by atoms with Crippen LogP contribution in [0.2, 0.25) is 0 Å². The summed E-state index contributed by atoms with van der Waals surface area (Å²) in [6.45, 7) is 1.91. The van der Waals surface area contributed by atoms with E-state index in [4.69, 9.17) is 5.11 Å². The van der Waals surface area contributed by atoms with Gasteiger partial charge in [0, 0.05) is 27.0 Å². The van der Waals surface area contributed by atoms with Gasteiger partial charge in [-0.25, -0.2) is 0 Å². The van der Waals surface area contributed by atoms with Crippen LogP contribution in [0, 0.1) is 0 Å². The van der Waals surface area contributed by atoms with Crippen molar-refractivity contribution in [2.24, 2.45) is 0 Å². The maximum absolute atomic E-state index is 10.6. The maximum Gasteiger partial charge on any atom is 0.304 e. The highest BCUT2D eigenvalue weighted by atomic mass is 79.9. The van der Waals surface area contributed by atoms with E-state index in [1.807, 2.05) is 31.2 Å². The molecule has 0 radical (unpaired) electrons. The predicted molar refractivity (Wildman–Crippen MR) is 66.7 cm³/mol. The van der Waals surface area contributed by atoms with Gasteiger partial charge in [0.05, 0.1) is 6.42 Å². The molecule has 16 heavy (non-hydrogen) atoms. The average Bonchev–Trinajstić information content (AvgIpc) is 2.59. The predicted octanol–water partition coefficient (Wildman–Crippen LogP) is 3.51. The third kappa shape index (κ3) is 2.27. The lowest BCUT2D eigenvalue weighted by molar-refractivity contribution is -0.137. The van der Waals surface area contributed by atoms with E-state index in [-0.39, 0.29) is 12.3 Å². The molecular weight excluding hydrogens is 270 g/mol. The van der Waals surface area contributed by atoms with Gasteiger partial charge < -0.3 is 10.1 Å². The first-order valence-corrected chi connectivity index (χ1v) is 5.85. The van der Waals surface area contributed by atoms with Crippen molar-refractivity contribution in [2.75, 3.05) is 0 Å². The quantitative estimate of drug-likeness (QED) is 0.905. The minimum Gasteiger partial charge on any atom is -0.481 e. The lowest BCUT2D eigenvalue weighted by Gasteiger charge is -2.04. The molecule has 1 atom stereocenters. The van der Waals surface area contributed by atoms with Gasteiger partial charge in [0.2, 0.25) is 0 Å². The Hall–Kier alpha value is -1.29. The molecule has 0 aliphatic rings. The van der Waals surface area contributed by atoms with E-state index >= 15 is 0 Å². The lowest BCUT2D eigenvalue weighted by Crippen LogP contribution is -2.02. The number of carbonyl (C=O) groups is 1. The Morgan fingerprint density at radius 3 is 2.94 bits per heavy atom. The van der Waals surface area contributed by atoms with Crippen LogP contribution in [0.15, 0.2) is 28.7 Å². The standard InChI is InChI=1S/C12H12BrNO2/c1-7(4-12(15)16)11-6-8-5-9(13)2-3-10(8)14-11/h2-3,5-7,14H,4H2,1H3,(H,15,16). The van der Waals surface area contributed by atoms with Crippen molar-refractivity contribution in [3.05, 3.63) is 34.4 Å². The second kappa shape index (κ2) is 4.29. The van der Waals surface area contributed by atoms with Crippen molar-refractivity contribution in [1.82, 2.24) is 4.98 Å². The first-order valence-electron chi connectivity index (χ1n) is 5.06. The van der Waals surface area contributed by atoms with Gasteiger partial charge in [-0.2, -0.15) is 0 Å².